The van der Waals surface area contributed by atoms with Crippen molar-refractivity contribution in [1.82, 2.24) is 14.6 Å². The molecule has 2 N–H and O–H groups in total. The van der Waals surface area contributed by atoms with Gasteiger partial charge >= 0.3 is 0 Å². The molecule has 0 bridgehead atoms. The zero-order chi connectivity index (χ0) is 21.7. The van der Waals surface area contributed by atoms with E-state index in [9.17, 15) is 13.2 Å². The molecule has 0 spiro atoms. The molecule has 1 saturated heterocycles. The number of hydrogen-bond acceptors (Lipinski definition) is 5. The van der Waals surface area contributed by atoms with E-state index in [2.05, 4.69) is 10.3 Å². The number of para-hydroxylation sites is 2. The lowest BCUT2D eigenvalue weighted by Gasteiger charge is -2.25. The Bertz CT molecular complexity index is 1140. The number of rotatable bonds is 7. The first kappa shape index (κ1) is 21.1. The summed E-state index contributed by atoms with van der Waals surface area (Å²) in [4.78, 5) is 15.4. The Labute approximate surface area is 180 Å². The summed E-state index contributed by atoms with van der Waals surface area (Å²) < 4.78 is 37.9. The Balaban J connectivity index is 1.42. The zero-order valence-corrected chi connectivity index (χ0v) is 17.6. The number of ether oxygens (including phenoxy) is 2. The third-order valence-electron chi connectivity index (χ3n) is 4.89. The molecule has 3 aromatic rings. The maximum absolute atomic E-state index is 12.7. The fourth-order valence-electron chi connectivity index (χ4n) is 3.23. The molecule has 0 aliphatic carbocycles. The number of morpholine rings is 1. The van der Waals surface area contributed by atoms with Gasteiger partial charge in [0.25, 0.3) is 5.91 Å². The Morgan fingerprint density at radius 2 is 1.77 bits per heavy atom. The SMILES string of the molecule is O=C(NCc1ccccc1Oc1ccccc1)c1cc(S(=O)(=O)N2CCOCC2)c[nH]1. The molecule has 9 heteroatoms. The lowest BCUT2D eigenvalue weighted by Crippen LogP contribution is -2.40. The van der Waals surface area contributed by atoms with Crippen molar-refractivity contribution in [3.05, 3.63) is 78.1 Å². The average Bonchev–Trinajstić information content (AvgIpc) is 3.31. The molecule has 1 aliphatic rings. The molecular formula is C22H23N3O5S. The standard InChI is InChI=1S/C22H23N3O5S/c26-22(20-14-19(16-23-20)31(27,28)25-10-12-29-13-11-25)24-15-17-6-4-5-9-21(17)30-18-7-2-1-3-8-18/h1-9,14,16,23H,10-13,15H2,(H,24,26). The van der Waals surface area contributed by atoms with Crippen molar-refractivity contribution in [3.8, 4) is 11.5 Å². The first-order chi connectivity index (χ1) is 15.0. The maximum atomic E-state index is 12.7. The van der Waals surface area contributed by atoms with Gasteiger partial charge in [-0.3, -0.25) is 4.79 Å². The van der Waals surface area contributed by atoms with Gasteiger partial charge in [-0.05, 0) is 24.3 Å². The van der Waals surface area contributed by atoms with Gasteiger partial charge in [0.15, 0.2) is 0 Å². The van der Waals surface area contributed by atoms with Gasteiger partial charge in [0, 0.05) is 31.4 Å². The summed E-state index contributed by atoms with van der Waals surface area (Å²) in [7, 11) is -3.66. The predicted octanol–water partition coefficient (Wildman–Crippen LogP) is 2.76. The molecule has 1 fully saturated rings. The van der Waals surface area contributed by atoms with Gasteiger partial charge < -0.3 is 19.8 Å². The van der Waals surface area contributed by atoms with Crippen LogP contribution in [0.15, 0.2) is 71.8 Å². The second-order valence-electron chi connectivity index (χ2n) is 6.97. The normalized spacial score (nSPS) is 14.8. The number of benzene rings is 2. The summed E-state index contributed by atoms with van der Waals surface area (Å²) in [5, 5.41) is 2.81. The Hall–Kier alpha value is -3.14. The number of hydrogen-bond donors (Lipinski definition) is 2. The van der Waals surface area contributed by atoms with Crippen molar-refractivity contribution < 1.29 is 22.7 Å². The first-order valence-corrected chi connectivity index (χ1v) is 11.3. The number of nitrogens with one attached hydrogen (secondary N) is 2. The number of carbonyl (C=O) groups excluding carboxylic acids is 1. The van der Waals surface area contributed by atoms with Crippen LogP contribution in [-0.2, 0) is 21.3 Å². The number of sulfonamides is 1. The molecule has 0 unspecified atom stereocenters. The molecule has 0 radical (unpaired) electrons. The molecule has 2 aromatic carbocycles. The molecule has 1 aliphatic heterocycles. The third-order valence-corrected chi connectivity index (χ3v) is 6.77. The average molecular weight is 442 g/mol. The van der Waals surface area contributed by atoms with E-state index in [1.807, 2.05) is 54.6 Å². The van der Waals surface area contributed by atoms with Crippen LogP contribution >= 0.6 is 0 Å². The fourth-order valence-corrected chi connectivity index (χ4v) is 4.63. The van der Waals surface area contributed by atoms with Crippen LogP contribution in [0.3, 0.4) is 0 Å². The molecule has 4 rings (SSSR count). The van der Waals surface area contributed by atoms with E-state index in [0.29, 0.717) is 37.8 Å². The number of nitrogens with zero attached hydrogens (tertiary/aromatic N) is 1. The molecule has 2 heterocycles. The molecular weight excluding hydrogens is 418 g/mol. The number of H-pyrrole nitrogens is 1. The monoisotopic (exact) mass is 441 g/mol. The summed E-state index contributed by atoms with van der Waals surface area (Å²) in [6.45, 7) is 1.55. The van der Waals surface area contributed by atoms with Gasteiger partial charge in [0.05, 0.1) is 13.2 Å². The van der Waals surface area contributed by atoms with Crippen LogP contribution in [0.5, 0.6) is 11.5 Å². The van der Waals surface area contributed by atoms with Crippen molar-refractivity contribution in [3.63, 3.8) is 0 Å². The largest absolute Gasteiger partial charge is 0.457 e. The minimum Gasteiger partial charge on any atom is -0.457 e. The summed E-state index contributed by atoms with van der Waals surface area (Å²) in [6.07, 6.45) is 1.34. The van der Waals surface area contributed by atoms with Crippen molar-refractivity contribution in [2.75, 3.05) is 26.3 Å². The highest BCUT2D eigenvalue weighted by Gasteiger charge is 2.28. The van der Waals surface area contributed by atoms with E-state index in [0.717, 1.165) is 5.56 Å². The Kier molecular flexibility index (Phi) is 6.36. The van der Waals surface area contributed by atoms with Crippen LogP contribution in [-0.4, -0.2) is 49.9 Å². The number of carbonyl (C=O) groups is 1. The van der Waals surface area contributed by atoms with E-state index in [1.54, 1.807) is 0 Å². The molecule has 31 heavy (non-hydrogen) atoms. The number of amides is 1. The highest BCUT2D eigenvalue weighted by atomic mass is 32.2. The van der Waals surface area contributed by atoms with Crippen LogP contribution in [0.2, 0.25) is 0 Å². The summed E-state index contributed by atoms with van der Waals surface area (Å²) in [5.41, 5.74) is 0.973. The van der Waals surface area contributed by atoms with Crippen LogP contribution in [0.1, 0.15) is 16.1 Å². The van der Waals surface area contributed by atoms with Crippen molar-refractivity contribution in [2.24, 2.45) is 0 Å². The highest BCUT2D eigenvalue weighted by Crippen LogP contribution is 2.25. The third kappa shape index (κ3) is 4.96. The molecule has 0 atom stereocenters. The van der Waals surface area contributed by atoms with Gasteiger partial charge in [-0.2, -0.15) is 4.31 Å². The number of aromatic nitrogens is 1. The van der Waals surface area contributed by atoms with E-state index >= 15 is 0 Å². The lowest BCUT2D eigenvalue weighted by atomic mass is 10.2. The van der Waals surface area contributed by atoms with Crippen molar-refractivity contribution in [1.29, 1.82) is 0 Å². The topological polar surface area (TPSA) is 101 Å². The van der Waals surface area contributed by atoms with E-state index in [1.165, 1.54) is 16.6 Å². The molecule has 0 saturated carbocycles. The van der Waals surface area contributed by atoms with Gasteiger partial charge in [-0.1, -0.05) is 36.4 Å². The molecule has 162 valence electrons. The van der Waals surface area contributed by atoms with Crippen LogP contribution in [0, 0.1) is 0 Å². The minimum atomic E-state index is -3.66. The Morgan fingerprint density at radius 3 is 2.55 bits per heavy atom. The minimum absolute atomic E-state index is 0.0624. The maximum Gasteiger partial charge on any atom is 0.268 e. The highest BCUT2D eigenvalue weighted by molar-refractivity contribution is 7.89. The van der Waals surface area contributed by atoms with E-state index in [4.69, 9.17) is 9.47 Å². The van der Waals surface area contributed by atoms with Crippen molar-refractivity contribution >= 4 is 15.9 Å². The van der Waals surface area contributed by atoms with Crippen LogP contribution in [0.25, 0.3) is 0 Å². The summed E-state index contributed by atoms with van der Waals surface area (Å²) in [6, 6.07) is 18.1. The van der Waals surface area contributed by atoms with Crippen LogP contribution in [0.4, 0.5) is 0 Å². The summed E-state index contributed by atoms with van der Waals surface area (Å²) in [5.74, 6) is 0.928. The second kappa shape index (κ2) is 9.34. The summed E-state index contributed by atoms with van der Waals surface area (Å²) >= 11 is 0. The van der Waals surface area contributed by atoms with E-state index < -0.39 is 15.9 Å². The number of aromatic amines is 1. The molecule has 1 amide bonds. The zero-order valence-electron chi connectivity index (χ0n) is 16.8. The lowest BCUT2D eigenvalue weighted by molar-refractivity contribution is 0.0730. The van der Waals surface area contributed by atoms with Gasteiger partial charge in [0.2, 0.25) is 10.0 Å². The van der Waals surface area contributed by atoms with Gasteiger partial charge in [-0.15, -0.1) is 0 Å². The van der Waals surface area contributed by atoms with Crippen LogP contribution < -0.4 is 10.1 Å². The van der Waals surface area contributed by atoms with E-state index in [-0.39, 0.29) is 17.1 Å². The molecule has 8 nitrogen and oxygen atoms in total. The quantitative estimate of drug-likeness (QED) is 0.587. The predicted molar refractivity (Wildman–Crippen MR) is 114 cm³/mol. The van der Waals surface area contributed by atoms with Gasteiger partial charge in [0.1, 0.15) is 22.1 Å². The first-order valence-electron chi connectivity index (χ1n) is 9.89. The molecule has 1 aromatic heterocycles. The smallest absolute Gasteiger partial charge is 0.268 e. The second-order valence-corrected chi connectivity index (χ2v) is 8.91. The fraction of sp³-hybridized carbons (Fsp3) is 0.227. The Morgan fingerprint density at radius 1 is 1.06 bits per heavy atom. The van der Waals surface area contributed by atoms with Gasteiger partial charge in [-0.25, -0.2) is 8.42 Å². The van der Waals surface area contributed by atoms with Crippen molar-refractivity contribution in [2.45, 2.75) is 11.4 Å².